The Bertz CT molecular complexity index is 1370. The number of rotatable bonds is 18. The number of hydrogen-bond acceptors (Lipinski definition) is 4. The number of hydrogen-bond donors (Lipinski definition) is 0. The zero-order valence-electron chi connectivity index (χ0n) is 24.7. The molecule has 0 unspecified atom stereocenters. The summed E-state index contributed by atoms with van der Waals surface area (Å²) in [5.41, 5.74) is 3.23. The van der Waals surface area contributed by atoms with Gasteiger partial charge in [-0.25, -0.2) is 9.29 Å². The first-order chi connectivity index (χ1) is 21.0. The molecular formula is C37H40FNO4. The van der Waals surface area contributed by atoms with E-state index in [0.29, 0.717) is 17.9 Å². The molecule has 1 aliphatic heterocycles. The molecule has 0 aromatic heterocycles. The van der Waals surface area contributed by atoms with Gasteiger partial charge in [0.25, 0.3) is 11.8 Å². The summed E-state index contributed by atoms with van der Waals surface area (Å²) in [5, 5.41) is 0. The van der Waals surface area contributed by atoms with Crippen molar-refractivity contribution in [3.05, 3.63) is 114 Å². The molecule has 0 saturated carbocycles. The molecule has 3 aromatic rings. The Kier molecular flexibility index (Phi) is 12.5. The van der Waals surface area contributed by atoms with Crippen molar-refractivity contribution < 1.29 is 23.5 Å². The van der Waals surface area contributed by atoms with Gasteiger partial charge in [0, 0.05) is 17.7 Å². The number of nitrogens with zero attached hydrogens (tertiary/aromatic N) is 1. The van der Waals surface area contributed by atoms with E-state index < -0.39 is 0 Å². The summed E-state index contributed by atoms with van der Waals surface area (Å²) in [6, 6.07) is 20.9. The van der Waals surface area contributed by atoms with Crippen LogP contribution in [-0.4, -0.2) is 24.2 Å². The lowest BCUT2D eigenvalue weighted by Crippen LogP contribution is -2.29. The summed E-state index contributed by atoms with van der Waals surface area (Å²) in [6.45, 7) is 0.701. The first-order valence-corrected chi connectivity index (χ1v) is 15.4. The van der Waals surface area contributed by atoms with Gasteiger partial charge in [0.2, 0.25) is 0 Å². The van der Waals surface area contributed by atoms with Crippen molar-refractivity contribution in [1.29, 1.82) is 0 Å². The van der Waals surface area contributed by atoms with Gasteiger partial charge in [-0.05, 0) is 85.0 Å². The lowest BCUT2D eigenvalue weighted by Gasteiger charge is -2.14. The van der Waals surface area contributed by atoms with Crippen molar-refractivity contribution in [3.8, 4) is 5.75 Å². The molecule has 0 radical (unpaired) electrons. The average Bonchev–Trinajstić information content (AvgIpc) is 3.36. The molecule has 5 nitrogen and oxygen atoms in total. The SMILES string of the molecule is O=C(/C=C/c1ccc(OCCCCCCCCCCCCc2ccc(N3C(=O)C=CC3=O)cc2)cc1)c1ccc(F)cc1. The van der Waals surface area contributed by atoms with Crippen LogP contribution in [0, 0.1) is 5.82 Å². The van der Waals surface area contributed by atoms with E-state index in [2.05, 4.69) is 0 Å². The Hall–Kier alpha value is -4.32. The quantitative estimate of drug-likeness (QED) is 0.0653. The largest absolute Gasteiger partial charge is 0.494 e. The second-order valence-corrected chi connectivity index (χ2v) is 10.9. The molecule has 1 aliphatic rings. The van der Waals surface area contributed by atoms with Crippen molar-refractivity contribution >= 4 is 29.4 Å². The lowest BCUT2D eigenvalue weighted by molar-refractivity contribution is -0.119. The van der Waals surface area contributed by atoms with Gasteiger partial charge in [0.15, 0.2) is 5.78 Å². The maximum absolute atomic E-state index is 13.0. The third-order valence-corrected chi connectivity index (χ3v) is 7.57. The molecule has 0 spiro atoms. The minimum atomic E-state index is -0.357. The molecule has 0 atom stereocenters. The van der Waals surface area contributed by atoms with Gasteiger partial charge >= 0.3 is 0 Å². The summed E-state index contributed by atoms with van der Waals surface area (Å²) < 4.78 is 18.9. The molecule has 0 bridgehead atoms. The smallest absolute Gasteiger partial charge is 0.258 e. The summed E-state index contributed by atoms with van der Waals surface area (Å²) in [4.78, 5) is 37.0. The first-order valence-electron chi connectivity index (χ1n) is 15.4. The molecule has 4 rings (SSSR count). The standard InChI is InChI=1S/C37H40FNO4/c38-32-19-17-31(18-20-32)35(40)25-16-30-14-23-34(24-15-30)43-28-10-8-6-4-2-1-3-5-7-9-11-29-12-21-33(22-13-29)39-36(41)26-27-37(39)42/h12-27H,1-11,28H2/b25-16+. The Morgan fingerprint density at radius 1 is 0.674 bits per heavy atom. The molecule has 0 aliphatic carbocycles. The van der Waals surface area contributed by atoms with Crippen molar-refractivity contribution in [2.24, 2.45) is 0 Å². The number of allylic oxidation sites excluding steroid dienone is 1. The number of benzene rings is 3. The van der Waals surface area contributed by atoms with Crippen molar-refractivity contribution in [3.63, 3.8) is 0 Å². The van der Waals surface area contributed by atoms with Crippen LogP contribution in [0.5, 0.6) is 5.75 Å². The lowest BCUT2D eigenvalue weighted by atomic mass is 10.0. The molecule has 1 heterocycles. The first kappa shape index (κ1) is 31.6. The van der Waals surface area contributed by atoms with Crippen molar-refractivity contribution in [2.45, 2.75) is 70.6 Å². The fourth-order valence-electron chi connectivity index (χ4n) is 5.06. The van der Waals surface area contributed by atoms with Crippen LogP contribution < -0.4 is 9.64 Å². The molecule has 3 aromatic carbocycles. The third kappa shape index (κ3) is 10.5. The number of ether oxygens (including phenoxy) is 1. The van der Waals surface area contributed by atoms with Gasteiger partial charge in [-0.2, -0.15) is 0 Å². The van der Waals surface area contributed by atoms with Crippen molar-refractivity contribution in [2.75, 3.05) is 11.5 Å². The molecule has 6 heteroatoms. The maximum atomic E-state index is 13.0. The zero-order valence-corrected chi connectivity index (χ0v) is 24.7. The molecular weight excluding hydrogens is 541 g/mol. The minimum Gasteiger partial charge on any atom is -0.494 e. The number of anilines is 1. The zero-order chi connectivity index (χ0) is 30.3. The number of unbranched alkanes of at least 4 members (excludes halogenated alkanes) is 9. The summed E-state index contributed by atoms with van der Waals surface area (Å²) in [7, 11) is 0. The fourth-order valence-corrected chi connectivity index (χ4v) is 5.06. The number of halogens is 1. The molecule has 224 valence electrons. The van der Waals surface area contributed by atoms with Gasteiger partial charge in [-0.15, -0.1) is 0 Å². The Morgan fingerprint density at radius 3 is 1.84 bits per heavy atom. The van der Waals surface area contributed by atoms with E-state index >= 15 is 0 Å². The van der Waals surface area contributed by atoms with Crippen molar-refractivity contribution in [1.82, 2.24) is 0 Å². The second kappa shape index (κ2) is 17.0. The van der Waals surface area contributed by atoms with Gasteiger partial charge in [-0.3, -0.25) is 14.4 Å². The average molecular weight is 582 g/mol. The highest BCUT2D eigenvalue weighted by atomic mass is 19.1. The van der Waals surface area contributed by atoms with E-state index in [9.17, 15) is 18.8 Å². The van der Waals surface area contributed by atoms with Gasteiger partial charge < -0.3 is 4.74 Å². The molecule has 0 fully saturated rings. The van der Waals surface area contributed by atoms with E-state index in [1.54, 1.807) is 6.08 Å². The number of carbonyl (C=O) groups is 3. The van der Waals surface area contributed by atoms with Crippen LogP contribution in [0.3, 0.4) is 0 Å². The van der Waals surface area contributed by atoms with E-state index in [1.165, 1.54) is 104 Å². The summed E-state index contributed by atoms with van der Waals surface area (Å²) in [6.07, 6.45) is 19.1. The predicted octanol–water partition coefficient (Wildman–Crippen LogP) is 8.67. The third-order valence-electron chi connectivity index (χ3n) is 7.57. The summed E-state index contributed by atoms with van der Waals surface area (Å²) >= 11 is 0. The maximum Gasteiger partial charge on any atom is 0.258 e. The van der Waals surface area contributed by atoms with E-state index in [-0.39, 0.29) is 23.4 Å². The number of amides is 2. The van der Waals surface area contributed by atoms with E-state index in [1.807, 2.05) is 48.5 Å². The number of aryl methyl sites for hydroxylation is 1. The summed E-state index contributed by atoms with van der Waals surface area (Å²) in [5.74, 6) is -0.251. The molecule has 2 amide bonds. The second-order valence-electron chi connectivity index (χ2n) is 10.9. The predicted molar refractivity (Wildman–Crippen MR) is 170 cm³/mol. The Balaban J connectivity index is 0.964. The fraction of sp³-hybridized carbons (Fsp3) is 0.324. The van der Waals surface area contributed by atoms with Gasteiger partial charge in [0.05, 0.1) is 12.3 Å². The normalized spacial score (nSPS) is 12.9. The van der Waals surface area contributed by atoms with Crippen LogP contribution in [0.15, 0.2) is 91.0 Å². The van der Waals surface area contributed by atoms with Crippen LogP contribution in [-0.2, 0) is 16.0 Å². The van der Waals surface area contributed by atoms with Gasteiger partial charge in [-0.1, -0.05) is 81.7 Å². The Labute approximate surface area is 254 Å². The topological polar surface area (TPSA) is 63.7 Å². The molecule has 43 heavy (non-hydrogen) atoms. The molecule has 0 N–H and O–H groups in total. The van der Waals surface area contributed by atoms with Crippen LogP contribution >= 0.6 is 0 Å². The number of ketones is 1. The van der Waals surface area contributed by atoms with E-state index in [0.717, 1.165) is 30.6 Å². The van der Waals surface area contributed by atoms with E-state index in [4.69, 9.17) is 4.74 Å². The number of carbonyl (C=O) groups excluding carboxylic acids is 3. The minimum absolute atomic E-state index is 0.160. The molecule has 0 saturated heterocycles. The van der Waals surface area contributed by atoms with Crippen LogP contribution in [0.2, 0.25) is 0 Å². The highest BCUT2D eigenvalue weighted by Gasteiger charge is 2.24. The van der Waals surface area contributed by atoms with Crippen LogP contribution in [0.25, 0.3) is 6.08 Å². The highest BCUT2D eigenvalue weighted by Crippen LogP contribution is 2.21. The van der Waals surface area contributed by atoms with Crippen LogP contribution in [0.1, 0.15) is 85.7 Å². The Morgan fingerprint density at radius 2 is 1.23 bits per heavy atom. The highest BCUT2D eigenvalue weighted by molar-refractivity contribution is 6.28. The number of imide groups is 1. The van der Waals surface area contributed by atoms with Gasteiger partial charge in [0.1, 0.15) is 11.6 Å². The van der Waals surface area contributed by atoms with Crippen LogP contribution in [0.4, 0.5) is 10.1 Å². The monoisotopic (exact) mass is 581 g/mol.